The van der Waals surface area contributed by atoms with Crippen molar-refractivity contribution in [3.63, 3.8) is 0 Å². The van der Waals surface area contributed by atoms with E-state index in [0.29, 0.717) is 6.54 Å². The van der Waals surface area contributed by atoms with Crippen LogP contribution in [-0.4, -0.2) is 47.2 Å². The van der Waals surface area contributed by atoms with E-state index in [1.54, 1.807) is 0 Å². The van der Waals surface area contributed by atoms with E-state index in [-0.39, 0.29) is 19.8 Å². The minimum atomic E-state index is -0.908. The third-order valence-electron chi connectivity index (χ3n) is 1.94. The lowest BCUT2D eigenvalue weighted by Crippen LogP contribution is -2.55. The van der Waals surface area contributed by atoms with E-state index < -0.39 is 5.54 Å². The second kappa shape index (κ2) is 6.37. The van der Waals surface area contributed by atoms with Crippen molar-refractivity contribution in [2.75, 3.05) is 26.4 Å². The smallest absolute Gasteiger partial charge is 0.0881 e. The van der Waals surface area contributed by atoms with E-state index in [1.165, 1.54) is 0 Å². The summed E-state index contributed by atoms with van der Waals surface area (Å²) in [5, 5.41) is 29.6. The maximum Gasteiger partial charge on any atom is 0.0881 e. The van der Waals surface area contributed by atoms with Gasteiger partial charge in [-0.2, -0.15) is 0 Å². The van der Waals surface area contributed by atoms with Gasteiger partial charge in [0.1, 0.15) is 0 Å². The Kier molecular flexibility index (Phi) is 6.28. The van der Waals surface area contributed by atoms with E-state index in [4.69, 9.17) is 15.3 Å². The minimum absolute atomic E-state index is 0.246. The van der Waals surface area contributed by atoms with Gasteiger partial charge in [-0.1, -0.05) is 13.3 Å². The average molecular weight is 177 g/mol. The molecule has 0 aromatic heterocycles. The largest absolute Gasteiger partial charge is 0.394 e. The summed E-state index contributed by atoms with van der Waals surface area (Å²) in [5.74, 6) is 0. The molecule has 0 aliphatic carbocycles. The lowest BCUT2D eigenvalue weighted by molar-refractivity contribution is 0.0426. The van der Waals surface area contributed by atoms with Gasteiger partial charge in [-0.15, -0.1) is 0 Å². The number of rotatable bonds is 7. The van der Waals surface area contributed by atoms with Gasteiger partial charge in [0.05, 0.1) is 25.4 Å². The Hall–Kier alpha value is -0.160. The second-order valence-electron chi connectivity index (χ2n) is 3.04. The molecule has 0 bridgehead atoms. The van der Waals surface area contributed by atoms with Crippen molar-refractivity contribution in [3.05, 3.63) is 0 Å². The van der Waals surface area contributed by atoms with Crippen molar-refractivity contribution in [1.82, 2.24) is 5.32 Å². The highest BCUT2D eigenvalue weighted by Gasteiger charge is 2.26. The Morgan fingerprint density at radius 2 is 1.58 bits per heavy atom. The maximum absolute atomic E-state index is 8.89. The molecular weight excluding hydrogens is 158 g/mol. The van der Waals surface area contributed by atoms with Gasteiger partial charge in [-0.25, -0.2) is 0 Å². The topological polar surface area (TPSA) is 72.7 Å². The molecule has 4 N–H and O–H groups in total. The normalized spacial score (nSPS) is 12.0. The van der Waals surface area contributed by atoms with Gasteiger partial charge in [0.25, 0.3) is 0 Å². The summed E-state index contributed by atoms with van der Waals surface area (Å²) >= 11 is 0. The number of hydrogen-bond donors (Lipinski definition) is 4. The van der Waals surface area contributed by atoms with Crippen LogP contribution < -0.4 is 5.32 Å². The molecule has 0 fully saturated rings. The van der Waals surface area contributed by atoms with E-state index in [2.05, 4.69) is 12.2 Å². The molecule has 0 aromatic carbocycles. The molecule has 0 rings (SSSR count). The fourth-order valence-electron chi connectivity index (χ4n) is 0.848. The molecule has 0 aliphatic rings. The molecule has 0 amide bonds. The summed E-state index contributed by atoms with van der Waals surface area (Å²) in [6.07, 6.45) is 2.02. The van der Waals surface area contributed by atoms with Gasteiger partial charge >= 0.3 is 0 Å². The van der Waals surface area contributed by atoms with Gasteiger partial charge in [0.15, 0.2) is 0 Å². The number of aliphatic hydroxyl groups is 3. The van der Waals surface area contributed by atoms with Crippen molar-refractivity contribution in [1.29, 1.82) is 0 Å². The number of nitrogens with one attached hydrogen (secondary N) is 1. The first-order valence-corrected chi connectivity index (χ1v) is 4.32. The van der Waals surface area contributed by atoms with Gasteiger partial charge < -0.3 is 20.6 Å². The first-order valence-electron chi connectivity index (χ1n) is 4.32. The minimum Gasteiger partial charge on any atom is -0.394 e. The highest BCUT2D eigenvalue weighted by atomic mass is 16.3. The summed E-state index contributed by atoms with van der Waals surface area (Å²) in [7, 11) is 0. The Balaban J connectivity index is 3.76. The molecule has 4 heteroatoms. The Labute approximate surface area is 73.2 Å². The predicted octanol–water partition coefficient (Wildman–Crippen LogP) is -0.908. The molecule has 0 atom stereocenters. The summed E-state index contributed by atoms with van der Waals surface area (Å²) < 4.78 is 0. The van der Waals surface area contributed by atoms with Gasteiger partial charge in [-0.3, -0.25) is 0 Å². The lowest BCUT2D eigenvalue weighted by atomic mass is 10.0. The zero-order valence-electron chi connectivity index (χ0n) is 7.58. The molecular formula is C8H19NO3. The number of hydrogen-bond acceptors (Lipinski definition) is 4. The monoisotopic (exact) mass is 177 g/mol. The zero-order valence-corrected chi connectivity index (χ0v) is 7.58. The van der Waals surface area contributed by atoms with Crippen molar-refractivity contribution >= 4 is 0 Å². The molecule has 74 valence electrons. The highest BCUT2D eigenvalue weighted by Crippen LogP contribution is 2.01. The zero-order chi connectivity index (χ0) is 9.45. The molecule has 0 aromatic rings. The molecule has 0 saturated heterocycles. The Bertz CT molecular complexity index is 96.2. The molecule has 0 heterocycles. The van der Waals surface area contributed by atoms with Crippen molar-refractivity contribution in [2.45, 2.75) is 25.3 Å². The van der Waals surface area contributed by atoms with Gasteiger partial charge in [0, 0.05) is 0 Å². The number of aliphatic hydroxyl groups excluding tert-OH is 3. The van der Waals surface area contributed by atoms with Crippen molar-refractivity contribution in [3.8, 4) is 0 Å². The van der Waals surface area contributed by atoms with Crippen LogP contribution in [0.25, 0.3) is 0 Å². The van der Waals surface area contributed by atoms with Crippen LogP contribution >= 0.6 is 0 Å². The highest BCUT2D eigenvalue weighted by molar-refractivity contribution is 4.85. The standard InChI is InChI=1S/C8H19NO3/c1-2-3-4-9-8(5-10,6-11)7-12/h9-12H,2-7H2,1H3. The first kappa shape index (κ1) is 11.8. The lowest BCUT2D eigenvalue weighted by Gasteiger charge is -2.28. The third kappa shape index (κ3) is 3.49. The SMILES string of the molecule is CCCCNC(CO)(CO)CO. The molecule has 0 aliphatic heterocycles. The van der Waals surface area contributed by atoms with E-state index in [0.717, 1.165) is 12.8 Å². The van der Waals surface area contributed by atoms with Crippen LogP contribution in [0.4, 0.5) is 0 Å². The van der Waals surface area contributed by atoms with Gasteiger partial charge in [-0.05, 0) is 13.0 Å². The molecule has 0 saturated carbocycles. The predicted molar refractivity (Wildman–Crippen MR) is 46.9 cm³/mol. The molecule has 0 unspecified atom stereocenters. The first-order chi connectivity index (χ1) is 5.74. The third-order valence-corrected chi connectivity index (χ3v) is 1.94. The quantitative estimate of drug-likeness (QED) is 0.380. The second-order valence-corrected chi connectivity index (χ2v) is 3.04. The summed E-state index contributed by atoms with van der Waals surface area (Å²) in [6.45, 7) is 2.02. The van der Waals surface area contributed by atoms with Crippen LogP contribution in [0.2, 0.25) is 0 Å². The molecule has 0 radical (unpaired) electrons. The molecule has 12 heavy (non-hydrogen) atoms. The summed E-state index contributed by atoms with van der Waals surface area (Å²) in [5.41, 5.74) is -0.908. The average Bonchev–Trinajstić information content (AvgIpc) is 2.14. The fourth-order valence-corrected chi connectivity index (χ4v) is 0.848. The number of unbranched alkanes of at least 4 members (excludes halogenated alkanes) is 1. The van der Waals surface area contributed by atoms with Crippen LogP contribution in [0.5, 0.6) is 0 Å². The Morgan fingerprint density at radius 1 is 1.08 bits per heavy atom. The van der Waals surface area contributed by atoms with Crippen LogP contribution in [0.3, 0.4) is 0 Å². The maximum atomic E-state index is 8.89. The fraction of sp³-hybridized carbons (Fsp3) is 1.00. The van der Waals surface area contributed by atoms with Crippen LogP contribution in [-0.2, 0) is 0 Å². The molecule has 0 spiro atoms. The summed E-state index contributed by atoms with van der Waals surface area (Å²) in [4.78, 5) is 0. The van der Waals surface area contributed by atoms with E-state index in [9.17, 15) is 0 Å². The van der Waals surface area contributed by atoms with Crippen LogP contribution in [0.15, 0.2) is 0 Å². The Morgan fingerprint density at radius 3 is 1.92 bits per heavy atom. The molecule has 4 nitrogen and oxygen atoms in total. The van der Waals surface area contributed by atoms with Crippen molar-refractivity contribution < 1.29 is 15.3 Å². The summed E-state index contributed by atoms with van der Waals surface area (Å²) in [6, 6.07) is 0. The van der Waals surface area contributed by atoms with E-state index >= 15 is 0 Å². The van der Waals surface area contributed by atoms with Gasteiger partial charge in [0.2, 0.25) is 0 Å². The van der Waals surface area contributed by atoms with Crippen molar-refractivity contribution in [2.24, 2.45) is 0 Å². The van der Waals surface area contributed by atoms with Crippen LogP contribution in [0, 0.1) is 0 Å². The van der Waals surface area contributed by atoms with Crippen LogP contribution in [0.1, 0.15) is 19.8 Å². The van der Waals surface area contributed by atoms with E-state index in [1.807, 2.05) is 0 Å².